The lowest BCUT2D eigenvalue weighted by molar-refractivity contribution is 0.312. The van der Waals surface area contributed by atoms with Gasteiger partial charge in [-0.15, -0.1) is 5.92 Å². The van der Waals surface area contributed by atoms with E-state index in [1.165, 1.54) is 28.5 Å². The Balaban J connectivity index is 1.61. The van der Waals surface area contributed by atoms with Gasteiger partial charge in [0.1, 0.15) is 17.7 Å². The van der Waals surface area contributed by atoms with Gasteiger partial charge in [-0.3, -0.25) is 5.82 Å². The molecule has 158 valence electrons. The van der Waals surface area contributed by atoms with Crippen molar-refractivity contribution in [3.8, 4) is 17.5 Å². The molecule has 0 saturated carbocycles. The van der Waals surface area contributed by atoms with Crippen molar-refractivity contribution >= 4 is 22.5 Å². The van der Waals surface area contributed by atoms with E-state index >= 15 is 0 Å². The molecule has 0 N–H and O–H groups in total. The highest BCUT2D eigenvalue weighted by Crippen LogP contribution is 2.12. The average molecular weight is 419 g/mol. The predicted octanol–water partition coefficient (Wildman–Crippen LogP) is 4.70. The van der Waals surface area contributed by atoms with Crippen LogP contribution in [-0.2, 0) is 0 Å². The first kappa shape index (κ1) is 21.5. The second-order valence-electron chi connectivity index (χ2n) is 7.83. The molecule has 0 aliphatic carbocycles. The molecule has 0 saturated heterocycles. The minimum Gasteiger partial charge on any atom is -0.494 e. The van der Waals surface area contributed by atoms with E-state index in [1.54, 1.807) is 12.1 Å². The van der Waals surface area contributed by atoms with Crippen molar-refractivity contribution < 1.29 is 9.13 Å². The zero-order valence-electron chi connectivity index (χ0n) is 18.0. The van der Waals surface area contributed by atoms with E-state index in [1.807, 2.05) is 18.2 Å². The van der Waals surface area contributed by atoms with E-state index < -0.39 is 6.15 Å². The van der Waals surface area contributed by atoms with Gasteiger partial charge in [-0.2, -0.15) is 16.4 Å². The van der Waals surface area contributed by atoms with Crippen LogP contribution < -0.4 is 21.1 Å². The average Bonchev–Trinajstić information content (AvgIpc) is 2.86. The number of halogens is 1. The first-order valence-electron chi connectivity index (χ1n) is 11.0. The van der Waals surface area contributed by atoms with Gasteiger partial charge in [0.05, 0.1) is 6.61 Å². The van der Waals surface area contributed by atoms with Gasteiger partial charge in [0.25, 0.3) is 0 Å². The standard InChI is InChI=1S/C29H25BFO/c31-28-19-21-29(22-20-28)32-24-12-4-11-23-30(25-13-5-1-6-14-25,26-15-7-2-8-16-26)27-17-9-3-10-18-27/h1-3,5-10,13-22H,4,12,24H2/q-1. The van der Waals surface area contributed by atoms with Gasteiger partial charge < -0.3 is 4.74 Å². The fraction of sp³-hybridized carbons (Fsp3) is 0.103. The van der Waals surface area contributed by atoms with Crippen molar-refractivity contribution in [2.24, 2.45) is 0 Å². The maximum Gasteiger partial charge on any atom is 0.149 e. The molecular weight excluding hydrogens is 394 g/mol. The molecule has 0 bridgehead atoms. The van der Waals surface area contributed by atoms with Gasteiger partial charge in [0.15, 0.2) is 0 Å². The largest absolute Gasteiger partial charge is 0.494 e. The minimum absolute atomic E-state index is 0.260. The summed E-state index contributed by atoms with van der Waals surface area (Å²) >= 11 is 0. The number of unbranched alkanes of at least 4 members (excludes halogenated alkanes) is 1. The Morgan fingerprint density at radius 1 is 0.625 bits per heavy atom. The highest BCUT2D eigenvalue weighted by molar-refractivity contribution is 7.16. The van der Waals surface area contributed by atoms with Crippen LogP contribution in [0.15, 0.2) is 115 Å². The lowest BCUT2D eigenvalue weighted by Crippen LogP contribution is -2.66. The Kier molecular flexibility index (Phi) is 7.05. The summed E-state index contributed by atoms with van der Waals surface area (Å²) in [6.07, 6.45) is 0.0912. The van der Waals surface area contributed by atoms with Crippen molar-refractivity contribution in [3.05, 3.63) is 121 Å². The van der Waals surface area contributed by atoms with Crippen LogP contribution in [0.3, 0.4) is 0 Å². The first-order valence-corrected chi connectivity index (χ1v) is 11.0. The monoisotopic (exact) mass is 419 g/mol. The quantitative estimate of drug-likeness (QED) is 0.240. The fourth-order valence-electron chi connectivity index (χ4n) is 4.16. The number of rotatable bonds is 7. The third-order valence-corrected chi connectivity index (χ3v) is 5.75. The molecule has 0 amide bonds. The molecule has 32 heavy (non-hydrogen) atoms. The van der Waals surface area contributed by atoms with E-state index in [0.29, 0.717) is 12.4 Å². The zero-order chi connectivity index (χ0) is 22.1. The van der Waals surface area contributed by atoms with Crippen molar-refractivity contribution in [3.63, 3.8) is 0 Å². The predicted molar refractivity (Wildman–Crippen MR) is 133 cm³/mol. The Morgan fingerprint density at radius 2 is 1.09 bits per heavy atom. The van der Waals surface area contributed by atoms with Crippen LogP contribution in [0.5, 0.6) is 5.75 Å². The molecule has 0 aromatic heterocycles. The molecule has 0 radical (unpaired) electrons. The first-order chi connectivity index (χ1) is 15.8. The summed E-state index contributed by atoms with van der Waals surface area (Å²) in [4.78, 5) is 0. The van der Waals surface area contributed by atoms with Gasteiger partial charge in [-0.25, -0.2) is 4.39 Å². The Hall–Kier alpha value is -3.77. The highest BCUT2D eigenvalue weighted by Gasteiger charge is 2.27. The van der Waals surface area contributed by atoms with Crippen molar-refractivity contribution in [2.75, 3.05) is 6.61 Å². The molecule has 0 aliphatic rings. The summed E-state index contributed by atoms with van der Waals surface area (Å²) < 4.78 is 18.8. The van der Waals surface area contributed by atoms with E-state index in [4.69, 9.17) is 4.74 Å². The van der Waals surface area contributed by atoms with Gasteiger partial charge in [0.2, 0.25) is 0 Å². The summed E-state index contributed by atoms with van der Waals surface area (Å²) in [5.74, 6) is 7.57. The fourth-order valence-corrected chi connectivity index (χ4v) is 4.16. The lowest BCUT2D eigenvalue weighted by Gasteiger charge is -2.38. The van der Waals surface area contributed by atoms with Gasteiger partial charge in [-0.05, 0) is 30.7 Å². The zero-order valence-corrected chi connectivity index (χ0v) is 18.0. The second kappa shape index (κ2) is 10.5. The summed E-state index contributed by atoms with van der Waals surface area (Å²) in [6.45, 7) is 0.544. The molecule has 0 aliphatic heterocycles. The smallest absolute Gasteiger partial charge is 0.149 e. The summed E-state index contributed by atoms with van der Waals surface area (Å²) in [5.41, 5.74) is 3.62. The van der Waals surface area contributed by atoms with Crippen molar-refractivity contribution in [1.82, 2.24) is 0 Å². The number of hydrogen-bond donors (Lipinski definition) is 0. The molecular formula is C29H25BFO-. The molecule has 3 heteroatoms. The van der Waals surface area contributed by atoms with Crippen LogP contribution in [0.2, 0.25) is 0 Å². The molecule has 4 aromatic carbocycles. The Morgan fingerprint density at radius 3 is 1.56 bits per heavy atom. The van der Waals surface area contributed by atoms with Crippen LogP contribution in [-0.4, -0.2) is 12.8 Å². The normalized spacial score (nSPS) is 10.8. The van der Waals surface area contributed by atoms with E-state index in [0.717, 1.165) is 12.8 Å². The molecule has 0 unspecified atom stereocenters. The Bertz CT molecular complexity index is 1070. The number of benzene rings is 4. The van der Waals surface area contributed by atoms with E-state index in [9.17, 15) is 4.39 Å². The molecule has 1 nitrogen and oxygen atoms in total. The van der Waals surface area contributed by atoms with Crippen LogP contribution in [0.1, 0.15) is 12.8 Å². The molecule has 0 fully saturated rings. The van der Waals surface area contributed by atoms with Gasteiger partial charge in [0, 0.05) is 6.42 Å². The van der Waals surface area contributed by atoms with Gasteiger partial charge >= 0.3 is 0 Å². The topological polar surface area (TPSA) is 9.23 Å². The van der Waals surface area contributed by atoms with Crippen LogP contribution in [0.4, 0.5) is 4.39 Å². The SMILES string of the molecule is Fc1ccc(OCCCC#C[B-](c2ccccc2)(c2ccccc2)c2ccccc2)cc1. The number of hydrogen-bond acceptors (Lipinski definition) is 1. The minimum atomic E-state index is -1.43. The second-order valence-corrected chi connectivity index (χ2v) is 7.83. The molecule has 4 aromatic rings. The molecule has 0 atom stereocenters. The summed E-state index contributed by atoms with van der Waals surface area (Å²) in [6, 6.07) is 37.8. The molecule has 0 heterocycles. The summed E-state index contributed by atoms with van der Waals surface area (Å²) in [7, 11) is 0. The van der Waals surface area contributed by atoms with Crippen LogP contribution >= 0.6 is 0 Å². The maximum atomic E-state index is 13.0. The maximum absolute atomic E-state index is 13.0. The van der Waals surface area contributed by atoms with Crippen LogP contribution in [0, 0.1) is 17.6 Å². The number of ether oxygens (including phenoxy) is 1. The van der Waals surface area contributed by atoms with Gasteiger partial charge in [-0.1, -0.05) is 91.0 Å². The third kappa shape index (κ3) is 4.93. The third-order valence-electron chi connectivity index (χ3n) is 5.75. The van der Waals surface area contributed by atoms with Crippen LogP contribution in [0.25, 0.3) is 0 Å². The Labute approximate surface area is 189 Å². The highest BCUT2D eigenvalue weighted by atomic mass is 19.1. The molecule has 0 spiro atoms. The van der Waals surface area contributed by atoms with Crippen molar-refractivity contribution in [1.29, 1.82) is 0 Å². The van der Waals surface area contributed by atoms with E-state index in [-0.39, 0.29) is 5.82 Å². The van der Waals surface area contributed by atoms with Crippen molar-refractivity contribution in [2.45, 2.75) is 12.8 Å². The summed E-state index contributed by atoms with van der Waals surface area (Å²) in [5, 5.41) is 0. The lowest BCUT2D eigenvalue weighted by atomic mass is 9.16. The van der Waals surface area contributed by atoms with E-state index in [2.05, 4.69) is 84.5 Å². The molecule has 4 rings (SSSR count).